The van der Waals surface area contributed by atoms with E-state index < -0.39 is 23.4 Å². The number of rotatable bonds is 3. The molecule has 0 aliphatic rings. The highest BCUT2D eigenvalue weighted by Crippen LogP contribution is 2.30. The summed E-state index contributed by atoms with van der Waals surface area (Å²) in [6.45, 7) is 0. The van der Waals surface area contributed by atoms with Crippen molar-refractivity contribution in [3.8, 4) is 6.07 Å². The minimum atomic E-state index is -4.53. The van der Waals surface area contributed by atoms with Gasteiger partial charge in [0.25, 0.3) is 0 Å². The molecule has 0 spiro atoms. The van der Waals surface area contributed by atoms with Gasteiger partial charge < -0.3 is 0 Å². The minimum Gasteiger partial charge on any atom is -0.292 e. The van der Waals surface area contributed by atoms with E-state index >= 15 is 0 Å². The Hall–Kier alpha value is -3.21. The molecule has 0 unspecified atom stereocenters. The largest absolute Gasteiger partial charge is 0.417 e. The molecule has 8 heteroatoms. The zero-order valence-corrected chi connectivity index (χ0v) is 12.0. The Morgan fingerprint density at radius 3 is 2.62 bits per heavy atom. The standard InChI is InChI=1S/C16H9F3N4O/c17-16(18,19)10-4-5-13(21-8-10)12(6-20)15(24)11-3-1-2-9-7-22-23-14(9)11/h1-5,7-8,12H,(H,22,23)/t12-/m1/s1. The molecule has 1 atom stereocenters. The second-order valence-electron chi connectivity index (χ2n) is 5.04. The van der Waals surface area contributed by atoms with Crippen LogP contribution in [0.25, 0.3) is 10.9 Å². The first-order chi connectivity index (χ1) is 11.4. The summed E-state index contributed by atoms with van der Waals surface area (Å²) in [6.07, 6.45) is -2.38. The van der Waals surface area contributed by atoms with E-state index in [1.165, 1.54) is 12.3 Å². The zero-order chi connectivity index (χ0) is 17.3. The van der Waals surface area contributed by atoms with Crippen molar-refractivity contribution < 1.29 is 18.0 Å². The molecule has 1 aromatic carbocycles. The van der Waals surface area contributed by atoms with Crippen LogP contribution in [-0.2, 0) is 6.18 Å². The highest BCUT2D eigenvalue weighted by molar-refractivity contribution is 6.10. The summed E-state index contributed by atoms with van der Waals surface area (Å²) < 4.78 is 37.7. The number of nitriles is 1. The maximum atomic E-state index is 12.6. The SMILES string of the molecule is N#C[C@@H](C(=O)c1cccc2cn[nH]c12)c1ccc(C(F)(F)F)cn1. The monoisotopic (exact) mass is 330 g/mol. The molecule has 0 radical (unpaired) electrons. The summed E-state index contributed by atoms with van der Waals surface area (Å²) >= 11 is 0. The van der Waals surface area contributed by atoms with Crippen LogP contribution in [-0.4, -0.2) is 21.0 Å². The Morgan fingerprint density at radius 2 is 2.00 bits per heavy atom. The molecule has 3 aromatic rings. The lowest BCUT2D eigenvalue weighted by molar-refractivity contribution is -0.137. The number of nitrogens with zero attached hydrogens (tertiary/aromatic N) is 3. The molecule has 0 aliphatic heterocycles. The van der Waals surface area contributed by atoms with E-state index in [-0.39, 0.29) is 11.3 Å². The van der Waals surface area contributed by atoms with Gasteiger partial charge in [0.15, 0.2) is 11.7 Å². The first kappa shape index (κ1) is 15.7. The summed E-state index contributed by atoms with van der Waals surface area (Å²) in [7, 11) is 0. The van der Waals surface area contributed by atoms with Crippen LogP contribution < -0.4 is 0 Å². The van der Waals surface area contributed by atoms with Gasteiger partial charge in [-0.25, -0.2) is 0 Å². The summed E-state index contributed by atoms with van der Waals surface area (Å²) in [4.78, 5) is 16.3. The number of halogens is 3. The van der Waals surface area contributed by atoms with Crippen LogP contribution in [0.2, 0.25) is 0 Å². The topological polar surface area (TPSA) is 82.4 Å². The Morgan fingerprint density at radius 1 is 1.21 bits per heavy atom. The van der Waals surface area contributed by atoms with Crippen molar-refractivity contribution in [2.45, 2.75) is 12.1 Å². The number of aromatic amines is 1. The number of fused-ring (bicyclic) bond motifs is 1. The fraction of sp³-hybridized carbons (Fsp3) is 0.125. The molecule has 1 N–H and O–H groups in total. The van der Waals surface area contributed by atoms with Gasteiger partial charge in [0.05, 0.1) is 29.0 Å². The Balaban J connectivity index is 1.99. The van der Waals surface area contributed by atoms with Crippen LogP contribution in [0.15, 0.2) is 42.7 Å². The molecule has 0 saturated heterocycles. The smallest absolute Gasteiger partial charge is 0.292 e. The summed E-state index contributed by atoms with van der Waals surface area (Å²) in [5.41, 5.74) is -0.272. The molecular weight excluding hydrogens is 321 g/mol. The number of alkyl halides is 3. The number of benzene rings is 1. The summed E-state index contributed by atoms with van der Waals surface area (Å²) in [5.74, 6) is -1.86. The maximum absolute atomic E-state index is 12.6. The van der Waals surface area contributed by atoms with Crippen molar-refractivity contribution in [3.05, 3.63) is 59.5 Å². The molecule has 3 rings (SSSR count). The number of para-hydroxylation sites is 1. The van der Waals surface area contributed by atoms with Crippen LogP contribution in [0.4, 0.5) is 13.2 Å². The van der Waals surface area contributed by atoms with Gasteiger partial charge in [-0.3, -0.25) is 14.9 Å². The molecule has 0 fully saturated rings. The van der Waals surface area contributed by atoms with Crippen molar-refractivity contribution in [1.29, 1.82) is 5.26 Å². The molecule has 0 amide bonds. The molecule has 120 valence electrons. The summed E-state index contributed by atoms with van der Waals surface area (Å²) in [6, 6.07) is 8.56. The summed E-state index contributed by atoms with van der Waals surface area (Å²) in [5, 5.41) is 16.5. The number of carbonyl (C=O) groups is 1. The van der Waals surface area contributed by atoms with Crippen molar-refractivity contribution in [2.75, 3.05) is 0 Å². The Labute approximate surface area is 133 Å². The van der Waals surface area contributed by atoms with Gasteiger partial charge >= 0.3 is 6.18 Å². The number of hydrogen-bond donors (Lipinski definition) is 1. The van der Waals surface area contributed by atoms with E-state index in [1.54, 1.807) is 18.2 Å². The maximum Gasteiger partial charge on any atom is 0.417 e. The lowest BCUT2D eigenvalue weighted by atomic mass is 9.94. The van der Waals surface area contributed by atoms with Gasteiger partial charge in [0.1, 0.15) is 0 Å². The first-order valence-electron chi connectivity index (χ1n) is 6.81. The third kappa shape index (κ3) is 2.72. The molecular formula is C16H9F3N4O. The first-order valence-corrected chi connectivity index (χ1v) is 6.81. The third-order valence-corrected chi connectivity index (χ3v) is 3.54. The number of pyridine rings is 1. The van der Waals surface area contributed by atoms with E-state index in [1.807, 2.05) is 0 Å². The van der Waals surface area contributed by atoms with Gasteiger partial charge in [0, 0.05) is 17.1 Å². The van der Waals surface area contributed by atoms with Gasteiger partial charge in [-0.1, -0.05) is 12.1 Å². The van der Waals surface area contributed by atoms with Crippen molar-refractivity contribution in [1.82, 2.24) is 15.2 Å². The lowest BCUT2D eigenvalue weighted by Crippen LogP contribution is -2.14. The number of aromatic nitrogens is 3. The van der Waals surface area contributed by atoms with Gasteiger partial charge in [0.2, 0.25) is 0 Å². The van der Waals surface area contributed by atoms with Crippen LogP contribution in [0.1, 0.15) is 27.5 Å². The van der Waals surface area contributed by atoms with E-state index in [0.29, 0.717) is 17.1 Å². The minimum absolute atomic E-state index is 0.0352. The predicted molar refractivity (Wildman–Crippen MR) is 78.0 cm³/mol. The fourth-order valence-corrected chi connectivity index (χ4v) is 2.33. The van der Waals surface area contributed by atoms with Crippen LogP contribution in [0, 0.1) is 11.3 Å². The number of nitrogens with one attached hydrogen (secondary N) is 1. The molecule has 0 saturated carbocycles. The van der Waals surface area contributed by atoms with Crippen LogP contribution >= 0.6 is 0 Å². The van der Waals surface area contributed by atoms with Gasteiger partial charge in [-0.2, -0.15) is 23.5 Å². The number of H-pyrrole nitrogens is 1. The molecule has 5 nitrogen and oxygen atoms in total. The highest BCUT2D eigenvalue weighted by Gasteiger charge is 2.32. The number of Topliss-reactive ketones (excluding diaryl/α,β-unsaturated/α-hetero) is 1. The molecule has 2 heterocycles. The van der Waals surface area contributed by atoms with Gasteiger partial charge in [-0.05, 0) is 18.2 Å². The molecule has 0 aliphatic carbocycles. The number of hydrogen-bond acceptors (Lipinski definition) is 4. The quantitative estimate of drug-likeness (QED) is 0.746. The average molecular weight is 330 g/mol. The van der Waals surface area contributed by atoms with Crippen molar-refractivity contribution >= 4 is 16.7 Å². The van der Waals surface area contributed by atoms with Crippen molar-refractivity contribution in [3.63, 3.8) is 0 Å². The lowest BCUT2D eigenvalue weighted by Gasteiger charge is -2.10. The molecule has 0 bridgehead atoms. The predicted octanol–water partition coefficient (Wildman–Crippen LogP) is 3.47. The van der Waals surface area contributed by atoms with Crippen molar-refractivity contribution in [2.24, 2.45) is 0 Å². The van der Waals surface area contributed by atoms with E-state index in [2.05, 4.69) is 15.2 Å². The fourth-order valence-electron chi connectivity index (χ4n) is 2.33. The molecule has 24 heavy (non-hydrogen) atoms. The second-order valence-corrected chi connectivity index (χ2v) is 5.04. The number of ketones is 1. The third-order valence-electron chi connectivity index (χ3n) is 3.54. The highest BCUT2D eigenvalue weighted by atomic mass is 19.4. The molecule has 2 aromatic heterocycles. The average Bonchev–Trinajstić information content (AvgIpc) is 3.03. The van der Waals surface area contributed by atoms with Crippen LogP contribution in [0.3, 0.4) is 0 Å². The van der Waals surface area contributed by atoms with E-state index in [4.69, 9.17) is 0 Å². The van der Waals surface area contributed by atoms with Crippen LogP contribution in [0.5, 0.6) is 0 Å². The zero-order valence-electron chi connectivity index (χ0n) is 12.0. The Bertz CT molecular complexity index is 938. The second kappa shape index (κ2) is 5.77. The van der Waals surface area contributed by atoms with E-state index in [9.17, 15) is 23.2 Å². The Kier molecular flexibility index (Phi) is 3.77. The normalized spacial score (nSPS) is 12.8. The number of carbonyl (C=O) groups excluding carboxylic acids is 1. The van der Waals surface area contributed by atoms with Gasteiger partial charge in [-0.15, -0.1) is 0 Å². The van der Waals surface area contributed by atoms with E-state index in [0.717, 1.165) is 12.1 Å².